The van der Waals surface area contributed by atoms with Gasteiger partial charge in [-0.15, -0.1) is 11.3 Å². The summed E-state index contributed by atoms with van der Waals surface area (Å²) in [6, 6.07) is 4.03. The van der Waals surface area contributed by atoms with Crippen LogP contribution in [0.15, 0.2) is 24.3 Å². The number of hydrogen-bond acceptors (Lipinski definition) is 4. The number of esters is 1. The maximum Gasteiger partial charge on any atom is 0.334 e. The smallest absolute Gasteiger partial charge is 0.334 e. The van der Waals surface area contributed by atoms with E-state index in [0.29, 0.717) is 25.2 Å². The Morgan fingerprint density at radius 1 is 1.65 bits per heavy atom. The van der Waals surface area contributed by atoms with Gasteiger partial charge in [0, 0.05) is 12.0 Å². The van der Waals surface area contributed by atoms with Crippen LogP contribution in [0.25, 0.3) is 0 Å². The maximum atomic E-state index is 11.7. The Labute approximate surface area is 118 Å². The molecule has 1 atom stereocenters. The van der Waals surface area contributed by atoms with Crippen LogP contribution in [-0.2, 0) is 19.9 Å². The van der Waals surface area contributed by atoms with Gasteiger partial charge in [-0.25, -0.2) is 4.79 Å². The van der Waals surface area contributed by atoms with E-state index in [1.54, 1.807) is 18.3 Å². The van der Waals surface area contributed by atoms with Crippen molar-refractivity contribution in [3.8, 4) is 0 Å². The molecule has 0 N–H and O–H groups in total. The second kappa shape index (κ2) is 5.07. The van der Waals surface area contributed by atoms with Crippen molar-refractivity contribution in [2.24, 2.45) is 0 Å². The average Bonchev–Trinajstić information content (AvgIpc) is 2.87. The number of hydrogen-bond donors (Lipinski definition) is 0. The molecule has 0 spiro atoms. The molecule has 3 nitrogen and oxygen atoms in total. The fourth-order valence-electron chi connectivity index (χ4n) is 1.70. The van der Waals surface area contributed by atoms with E-state index in [1.165, 1.54) is 2.88 Å². The third-order valence-corrected chi connectivity index (χ3v) is 4.72. The predicted molar refractivity (Wildman–Crippen MR) is 75.1 cm³/mol. The summed E-state index contributed by atoms with van der Waals surface area (Å²) in [4.78, 5) is 12.8. The Kier molecular flexibility index (Phi) is 3.89. The highest BCUT2D eigenvalue weighted by molar-refractivity contribution is 14.1. The molecule has 1 aromatic heterocycles. The molecule has 1 saturated heterocycles. The van der Waals surface area contributed by atoms with Gasteiger partial charge in [0.2, 0.25) is 0 Å². The lowest BCUT2D eigenvalue weighted by molar-refractivity contribution is -0.155. The third kappa shape index (κ3) is 2.71. The zero-order valence-electron chi connectivity index (χ0n) is 9.49. The molecule has 0 aliphatic carbocycles. The van der Waals surface area contributed by atoms with E-state index in [9.17, 15) is 4.79 Å². The summed E-state index contributed by atoms with van der Waals surface area (Å²) in [5.74, 6) is -0.348. The summed E-state index contributed by atoms with van der Waals surface area (Å²) in [6.07, 6.45) is 0.711. The van der Waals surface area contributed by atoms with Crippen LogP contribution in [0.1, 0.15) is 18.2 Å². The molecule has 2 rings (SSSR count). The number of halogens is 1. The van der Waals surface area contributed by atoms with E-state index in [1.807, 2.05) is 12.1 Å². The molecule has 0 amide bonds. The molecule has 2 heterocycles. The van der Waals surface area contributed by atoms with Crippen molar-refractivity contribution < 1.29 is 14.3 Å². The van der Waals surface area contributed by atoms with Gasteiger partial charge < -0.3 is 9.47 Å². The van der Waals surface area contributed by atoms with Crippen molar-refractivity contribution in [2.45, 2.75) is 18.9 Å². The van der Waals surface area contributed by atoms with Crippen molar-refractivity contribution in [1.82, 2.24) is 0 Å². The standard InChI is InChI=1S/C12H13IO3S/c1-8(2)11(14)16-12(5-6-15-7-12)9-3-4-10(13)17-9/h3-4H,1,5-7H2,2H3. The van der Waals surface area contributed by atoms with Gasteiger partial charge in [0.25, 0.3) is 0 Å². The summed E-state index contributed by atoms with van der Waals surface area (Å²) < 4.78 is 12.2. The van der Waals surface area contributed by atoms with Crippen molar-refractivity contribution in [2.75, 3.05) is 13.2 Å². The quantitative estimate of drug-likeness (QED) is 0.470. The van der Waals surface area contributed by atoms with Crippen LogP contribution in [0.4, 0.5) is 0 Å². The first-order valence-electron chi connectivity index (χ1n) is 5.26. The Morgan fingerprint density at radius 2 is 2.41 bits per heavy atom. The zero-order valence-corrected chi connectivity index (χ0v) is 12.5. The van der Waals surface area contributed by atoms with Gasteiger partial charge in [-0.2, -0.15) is 0 Å². The molecule has 1 aromatic rings. The van der Waals surface area contributed by atoms with Crippen LogP contribution in [-0.4, -0.2) is 19.2 Å². The largest absolute Gasteiger partial charge is 0.447 e. The van der Waals surface area contributed by atoms with Gasteiger partial charge in [0.15, 0.2) is 5.60 Å². The zero-order chi connectivity index (χ0) is 12.5. The van der Waals surface area contributed by atoms with Gasteiger partial charge in [-0.1, -0.05) is 6.58 Å². The van der Waals surface area contributed by atoms with Crippen LogP contribution in [0.3, 0.4) is 0 Å². The summed E-state index contributed by atoms with van der Waals surface area (Å²) >= 11 is 3.90. The van der Waals surface area contributed by atoms with E-state index in [4.69, 9.17) is 9.47 Å². The van der Waals surface area contributed by atoms with E-state index >= 15 is 0 Å². The predicted octanol–water partition coefficient (Wildman–Crippen LogP) is 3.09. The van der Waals surface area contributed by atoms with E-state index in [-0.39, 0.29) is 5.97 Å². The third-order valence-electron chi connectivity index (χ3n) is 2.64. The van der Waals surface area contributed by atoms with Crippen LogP contribution in [0.2, 0.25) is 0 Å². The molecule has 1 fully saturated rings. The average molecular weight is 364 g/mol. The molecule has 1 unspecified atom stereocenters. The van der Waals surface area contributed by atoms with Gasteiger partial charge in [-0.3, -0.25) is 0 Å². The second-order valence-corrected chi connectivity index (χ2v) is 7.05. The van der Waals surface area contributed by atoms with Crippen molar-refractivity contribution in [3.63, 3.8) is 0 Å². The van der Waals surface area contributed by atoms with E-state index in [0.717, 1.165) is 4.88 Å². The molecular weight excluding hydrogens is 351 g/mol. The number of carbonyl (C=O) groups is 1. The SMILES string of the molecule is C=C(C)C(=O)OC1(c2ccc(I)s2)CCOC1. The van der Waals surface area contributed by atoms with Crippen molar-refractivity contribution >= 4 is 39.9 Å². The van der Waals surface area contributed by atoms with Crippen molar-refractivity contribution in [3.05, 3.63) is 32.0 Å². The molecule has 0 aromatic carbocycles. The van der Waals surface area contributed by atoms with Gasteiger partial charge in [0.05, 0.1) is 21.0 Å². The summed E-state index contributed by atoms with van der Waals surface area (Å²) in [5.41, 5.74) is -0.188. The Bertz CT molecular complexity index is 446. The summed E-state index contributed by atoms with van der Waals surface area (Å²) in [7, 11) is 0. The molecule has 1 aliphatic rings. The Balaban J connectivity index is 2.27. The molecule has 0 radical (unpaired) electrons. The van der Waals surface area contributed by atoms with Crippen LogP contribution < -0.4 is 0 Å². The number of ether oxygens (including phenoxy) is 2. The lowest BCUT2D eigenvalue weighted by Crippen LogP contribution is -2.32. The van der Waals surface area contributed by atoms with Crippen LogP contribution >= 0.6 is 33.9 Å². The minimum atomic E-state index is -0.607. The number of carbonyl (C=O) groups excluding carboxylic acids is 1. The van der Waals surface area contributed by atoms with Crippen molar-refractivity contribution in [1.29, 1.82) is 0 Å². The van der Waals surface area contributed by atoms with E-state index in [2.05, 4.69) is 29.2 Å². The highest BCUT2D eigenvalue weighted by Gasteiger charge is 2.42. The molecule has 17 heavy (non-hydrogen) atoms. The monoisotopic (exact) mass is 364 g/mol. The highest BCUT2D eigenvalue weighted by atomic mass is 127. The first-order valence-corrected chi connectivity index (χ1v) is 7.15. The maximum absolute atomic E-state index is 11.7. The van der Waals surface area contributed by atoms with Gasteiger partial charge in [-0.05, 0) is 41.6 Å². The number of rotatable bonds is 3. The normalized spacial score (nSPS) is 23.6. The summed E-state index contributed by atoms with van der Waals surface area (Å²) in [5, 5.41) is 0. The molecular formula is C12H13IO3S. The topological polar surface area (TPSA) is 35.5 Å². The molecule has 92 valence electrons. The lowest BCUT2D eigenvalue weighted by atomic mass is 10.0. The van der Waals surface area contributed by atoms with E-state index < -0.39 is 5.60 Å². The first kappa shape index (κ1) is 13.0. The molecule has 0 bridgehead atoms. The Hall–Kier alpha value is -0.400. The van der Waals surface area contributed by atoms with Crippen LogP contribution in [0.5, 0.6) is 0 Å². The summed E-state index contributed by atoms with van der Waals surface area (Å²) in [6.45, 7) is 6.33. The highest BCUT2D eigenvalue weighted by Crippen LogP contribution is 2.39. The fraction of sp³-hybridized carbons (Fsp3) is 0.417. The second-order valence-electron chi connectivity index (χ2n) is 4.07. The molecule has 5 heteroatoms. The Morgan fingerprint density at radius 3 is 2.88 bits per heavy atom. The molecule has 0 saturated carbocycles. The number of thiophene rings is 1. The fourth-order valence-corrected chi connectivity index (χ4v) is 3.46. The minimum Gasteiger partial charge on any atom is -0.447 e. The van der Waals surface area contributed by atoms with Gasteiger partial charge in [0.1, 0.15) is 0 Å². The minimum absolute atomic E-state index is 0.348. The van der Waals surface area contributed by atoms with Gasteiger partial charge >= 0.3 is 5.97 Å². The van der Waals surface area contributed by atoms with Crippen LogP contribution in [0, 0.1) is 2.88 Å². The first-order chi connectivity index (χ1) is 8.03. The molecule has 1 aliphatic heterocycles. The lowest BCUT2D eigenvalue weighted by Gasteiger charge is -2.26.